The Hall–Kier alpha value is -1.92. The molecule has 1 heterocycles. The first kappa shape index (κ1) is 14.5. The van der Waals surface area contributed by atoms with Crippen LogP contribution in [0.4, 0.5) is 23.4 Å². The highest BCUT2D eigenvalue weighted by molar-refractivity contribution is 5.89. The zero-order valence-electron chi connectivity index (χ0n) is 10.9. The lowest BCUT2D eigenvalue weighted by Gasteiger charge is -2.13. The van der Waals surface area contributed by atoms with Crippen molar-refractivity contribution in [3.05, 3.63) is 29.8 Å². The fourth-order valence-electron chi connectivity index (χ4n) is 1.66. The van der Waals surface area contributed by atoms with Crippen molar-refractivity contribution < 1.29 is 17.6 Å². The molecule has 0 spiro atoms. The van der Waals surface area contributed by atoms with E-state index in [9.17, 15) is 17.6 Å². The topological polar surface area (TPSA) is 37.8 Å². The number of rotatable bonds is 3. The van der Waals surface area contributed by atoms with Crippen LogP contribution in [0.3, 0.4) is 0 Å². The molecule has 0 amide bonds. The highest BCUT2D eigenvalue weighted by Crippen LogP contribution is 2.30. The maximum Gasteiger partial charge on any atom is 0.451 e. The van der Waals surface area contributed by atoms with Crippen molar-refractivity contribution in [2.45, 2.75) is 20.0 Å². The normalized spacial score (nSPS) is 12.2. The Bertz CT molecular complexity index is 623. The number of hydrogen-bond donors (Lipinski definition) is 1. The lowest BCUT2D eigenvalue weighted by atomic mass is 10.2. The highest BCUT2D eigenvalue weighted by atomic mass is 19.4. The molecule has 0 radical (unpaired) electrons. The number of halogens is 4. The summed E-state index contributed by atoms with van der Waals surface area (Å²) in [5.74, 6) is -1.57. The molecular formula is C13H13F4N3. The second-order valence-corrected chi connectivity index (χ2v) is 4.83. The summed E-state index contributed by atoms with van der Waals surface area (Å²) in [5, 5.41) is 3.04. The van der Waals surface area contributed by atoms with Crippen molar-refractivity contribution in [3.8, 4) is 0 Å². The van der Waals surface area contributed by atoms with E-state index >= 15 is 0 Å². The van der Waals surface area contributed by atoms with Gasteiger partial charge in [-0.1, -0.05) is 13.8 Å². The number of benzene rings is 1. The molecule has 0 aliphatic heterocycles. The molecule has 0 atom stereocenters. The number of anilines is 1. The van der Waals surface area contributed by atoms with E-state index in [1.54, 1.807) is 0 Å². The third-order valence-electron chi connectivity index (χ3n) is 2.59. The van der Waals surface area contributed by atoms with Crippen molar-refractivity contribution >= 4 is 16.7 Å². The van der Waals surface area contributed by atoms with E-state index in [0.29, 0.717) is 6.54 Å². The molecule has 108 valence electrons. The van der Waals surface area contributed by atoms with Crippen molar-refractivity contribution in [3.63, 3.8) is 0 Å². The molecule has 1 N–H and O–H groups in total. The van der Waals surface area contributed by atoms with Crippen LogP contribution in [0.5, 0.6) is 0 Å². The van der Waals surface area contributed by atoms with E-state index in [1.807, 2.05) is 13.8 Å². The summed E-state index contributed by atoms with van der Waals surface area (Å²) in [7, 11) is 0. The van der Waals surface area contributed by atoms with Crippen LogP contribution < -0.4 is 5.32 Å². The molecule has 2 aromatic rings. The van der Waals surface area contributed by atoms with Crippen molar-refractivity contribution in [2.75, 3.05) is 11.9 Å². The third kappa shape index (κ3) is 3.15. The van der Waals surface area contributed by atoms with E-state index in [1.165, 1.54) is 6.07 Å². The van der Waals surface area contributed by atoms with Crippen LogP contribution in [0.15, 0.2) is 18.2 Å². The summed E-state index contributed by atoms with van der Waals surface area (Å²) in [5.41, 5.74) is 0.0555. The minimum atomic E-state index is -4.64. The van der Waals surface area contributed by atoms with Crippen LogP contribution >= 0.6 is 0 Å². The van der Waals surface area contributed by atoms with Crippen molar-refractivity contribution in [1.29, 1.82) is 0 Å². The fraction of sp³-hybridized carbons (Fsp3) is 0.385. The second-order valence-electron chi connectivity index (χ2n) is 4.83. The number of nitrogens with one attached hydrogen (secondary N) is 1. The van der Waals surface area contributed by atoms with Gasteiger partial charge in [0, 0.05) is 11.9 Å². The van der Waals surface area contributed by atoms with E-state index in [4.69, 9.17) is 0 Å². The Morgan fingerprint density at radius 1 is 1.20 bits per heavy atom. The lowest BCUT2D eigenvalue weighted by molar-refractivity contribution is -0.144. The van der Waals surface area contributed by atoms with Gasteiger partial charge in [0.1, 0.15) is 11.6 Å². The number of alkyl halides is 3. The Labute approximate surface area is 113 Å². The first-order valence-corrected chi connectivity index (χ1v) is 6.05. The van der Waals surface area contributed by atoms with Crippen LogP contribution in [-0.2, 0) is 6.18 Å². The number of nitrogens with zero attached hydrogens (tertiary/aromatic N) is 2. The van der Waals surface area contributed by atoms with Gasteiger partial charge in [0.15, 0.2) is 0 Å². The molecule has 0 unspecified atom stereocenters. The molecule has 0 aliphatic rings. The van der Waals surface area contributed by atoms with Gasteiger partial charge in [0.25, 0.3) is 0 Å². The van der Waals surface area contributed by atoms with E-state index < -0.39 is 17.8 Å². The SMILES string of the molecule is CC(C)CNc1nc(C(F)(F)F)nc2ccc(F)cc12. The summed E-state index contributed by atoms with van der Waals surface area (Å²) >= 11 is 0. The zero-order chi connectivity index (χ0) is 14.9. The smallest absolute Gasteiger partial charge is 0.369 e. The standard InChI is InChI=1S/C13H13F4N3/c1-7(2)6-18-11-9-5-8(14)3-4-10(9)19-12(20-11)13(15,16)17/h3-5,7H,6H2,1-2H3,(H,18,19,20). The summed E-state index contributed by atoms with van der Waals surface area (Å²) in [6.45, 7) is 4.24. The Kier molecular flexibility index (Phi) is 3.78. The molecule has 20 heavy (non-hydrogen) atoms. The number of fused-ring (bicyclic) bond motifs is 1. The molecule has 2 rings (SSSR count). The van der Waals surface area contributed by atoms with E-state index in [0.717, 1.165) is 12.1 Å². The number of aromatic nitrogens is 2. The van der Waals surface area contributed by atoms with Gasteiger partial charge in [-0.25, -0.2) is 14.4 Å². The van der Waals surface area contributed by atoms with Crippen molar-refractivity contribution in [2.24, 2.45) is 5.92 Å². The van der Waals surface area contributed by atoms with Gasteiger partial charge in [0.2, 0.25) is 5.82 Å². The van der Waals surface area contributed by atoms with E-state index in [-0.39, 0.29) is 22.6 Å². The fourth-order valence-corrected chi connectivity index (χ4v) is 1.66. The Morgan fingerprint density at radius 3 is 2.50 bits per heavy atom. The van der Waals surface area contributed by atoms with Gasteiger partial charge in [-0.3, -0.25) is 0 Å². The predicted octanol–water partition coefficient (Wildman–Crippen LogP) is 3.86. The average Bonchev–Trinajstić information content (AvgIpc) is 2.34. The monoisotopic (exact) mass is 287 g/mol. The summed E-state index contributed by atoms with van der Waals surface area (Å²) in [6.07, 6.45) is -4.64. The quantitative estimate of drug-likeness (QED) is 0.871. The molecule has 0 saturated heterocycles. The molecule has 1 aromatic heterocycles. The van der Waals surface area contributed by atoms with Gasteiger partial charge in [-0.15, -0.1) is 0 Å². The third-order valence-corrected chi connectivity index (χ3v) is 2.59. The molecule has 0 bridgehead atoms. The van der Waals surface area contributed by atoms with Gasteiger partial charge < -0.3 is 5.32 Å². The highest BCUT2D eigenvalue weighted by Gasteiger charge is 2.35. The average molecular weight is 287 g/mol. The maximum atomic E-state index is 13.2. The minimum Gasteiger partial charge on any atom is -0.369 e. The van der Waals surface area contributed by atoms with Crippen LogP contribution in [-0.4, -0.2) is 16.5 Å². The van der Waals surface area contributed by atoms with Gasteiger partial charge in [0.05, 0.1) is 5.52 Å². The van der Waals surface area contributed by atoms with Crippen LogP contribution in [0, 0.1) is 11.7 Å². The largest absolute Gasteiger partial charge is 0.451 e. The second kappa shape index (κ2) is 5.22. The van der Waals surface area contributed by atoms with Gasteiger partial charge in [-0.2, -0.15) is 13.2 Å². The predicted molar refractivity (Wildman–Crippen MR) is 67.8 cm³/mol. The Balaban J connectivity index is 2.57. The van der Waals surface area contributed by atoms with Crippen molar-refractivity contribution in [1.82, 2.24) is 9.97 Å². The first-order valence-electron chi connectivity index (χ1n) is 6.05. The molecule has 7 heteroatoms. The van der Waals surface area contributed by atoms with E-state index in [2.05, 4.69) is 15.3 Å². The molecule has 0 saturated carbocycles. The molecule has 0 aliphatic carbocycles. The lowest BCUT2D eigenvalue weighted by Crippen LogP contribution is -2.15. The molecule has 1 aromatic carbocycles. The molecular weight excluding hydrogens is 274 g/mol. The summed E-state index contributed by atoms with van der Waals surface area (Å²) < 4.78 is 51.5. The maximum absolute atomic E-state index is 13.2. The molecule has 0 fully saturated rings. The summed E-state index contributed by atoms with van der Waals surface area (Å²) in [4.78, 5) is 6.90. The van der Waals surface area contributed by atoms with Crippen LogP contribution in [0.2, 0.25) is 0 Å². The van der Waals surface area contributed by atoms with Crippen LogP contribution in [0.1, 0.15) is 19.7 Å². The minimum absolute atomic E-state index is 0.00414. The van der Waals surface area contributed by atoms with Gasteiger partial charge >= 0.3 is 6.18 Å². The summed E-state index contributed by atoms with van der Waals surface area (Å²) in [6, 6.07) is 3.40. The first-order chi connectivity index (χ1) is 9.27. The molecule has 3 nitrogen and oxygen atoms in total. The zero-order valence-corrected chi connectivity index (χ0v) is 10.9. The Morgan fingerprint density at radius 2 is 1.90 bits per heavy atom. The number of hydrogen-bond acceptors (Lipinski definition) is 3. The van der Waals surface area contributed by atoms with Gasteiger partial charge in [-0.05, 0) is 24.1 Å². The van der Waals surface area contributed by atoms with Crippen LogP contribution in [0.25, 0.3) is 10.9 Å².